The molecule has 2 rings (SSSR count). The summed E-state index contributed by atoms with van der Waals surface area (Å²) in [6.45, 7) is 0. The predicted octanol–water partition coefficient (Wildman–Crippen LogP) is 2.94. The minimum Gasteiger partial charge on any atom is -0.591 e. The molecule has 1 aliphatic heterocycles. The molecule has 0 radical (unpaired) electrons. The third-order valence-corrected chi connectivity index (χ3v) is 5.78. The van der Waals surface area contributed by atoms with Crippen LogP contribution >= 0.6 is 46.1 Å². The van der Waals surface area contributed by atoms with Gasteiger partial charge in [0.15, 0.2) is 5.71 Å². The second-order valence-electron chi connectivity index (χ2n) is 3.40. The van der Waals surface area contributed by atoms with Crippen molar-refractivity contribution in [2.75, 3.05) is 16.8 Å². The van der Waals surface area contributed by atoms with Crippen LogP contribution in [0.1, 0.15) is 5.56 Å². The summed E-state index contributed by atoms with van der Waals surface area (Å²) < 4.78 is 16.5. The number of hydrogen-bond acceptors (Lipinski definition) is 4. The summed E-state index contributed by atoms with van der Waals surface area (Å²) in [5.74, 6) is 0.894. The summed E-state index contributed by atoms with van der Waals surface area (Å²) in [6.07, 6.45) is 0. The van der Waals surface area contributed by atoms with E-state index >= 15 is 0 Å². The summed E-state index contributed by atoms with van der Waals surface area (Å²) in [5.41, 5.74) is 1.64. The van der Waals surface area contributed by atoms with Gasteiger partial charge in [0.2, 0.25) is 0 Å². The van der Waals surface area contributed by atoms with Crippen LogP contribution in [0.2, 0.25) is 0 Å². The Kier molecular flexibility index (Phi) is 5.36. The smallest absolute Gasteiger partial charge is 0.279 e. The molecular weight excluding hydrogens is 451 g/mol. The van der Waals surface area contributed by atoms with Gasteiger partial charge >= 0.3 is 0 Å². The molecule has 0 unspecified atom stereocenters. The fraction of sp³-hybridized carbons (Fsp3) is 0.200. The molecule has 0 fully saturated rings. The first-order valence-corrected chi connectivity index (χ1v) is 10.5. The summed E-state index contributed by atoms with van der Waals surface area (Å²) in [5, 5.41) is 2.71. The second kappa shape index (κ2) is 6.60. The first-order chi connectivity index (χ1) is 8.63. The third kappa shape index (κ3) is 3.21. The average molecular weight is 459 g/mol. The Morgan fingerprint density at radius 3 is 3.06 bits per heavy atom. The Balaban J connectivity index is 2.30. The van der Waals surface area contributed by atoms with Crippen molar-refractivity contribution in [3.8, 4) is 0 Å². The topological polar surface area (TPSA) is 64.5 Å². The maximum atomic E-state index is 11.8. The Bertz CT molecular complexity index is 513. The third-order valence-electron chi connectivity index (χ3n) is 2.24. The molecule has 0 spiro atoms. The Morgan fingerprint density at radius 2 is 2.33 bits per heavy atom. The zero-order chi connectivity index (χ0) is 13.1. The van der Waals surface area contributed by atoms with Gasteiger partial charge in [-0.3, -0.25) is 4.79 Å². The molecule has 96 valence electrons. The number of halogens is 2. The van der Waals surface area contributed by atoms with E-state index in [9.17, 15) is 9.35 Å². The highest BCUT2D eigenvalue weighted by Gasteiger charge is 2.30. The quantitative estimate of drug-likeness (QED) is 0.557. The van der Waals surface area contributed by atoms with Gasteiger partial charge in [0, 0.05) is 10.0 Å². The Morgan fingerprint density at radius 1 is 1.56 bits per heavy atom. The molecule has 0 saturated heterocycles. The molecule has 0 saturated carbocycles. The van der Waals surface area contributed by atoms with Gasteiger partial charge in [0.1, 0.15) is 5.75 Å². The molecule has 0 aliphatic carbocycles. The van der Waals surface area contributed by atoms with Crippen LogP contribution in [0.15, 0.2) is 27.1 Å². The highest BCUT2D eigenvalue weighted by Crippen LogP contribution is 2.30. The molecule has 1 N–H and O–H groups in total. The largest absolute Gasteiger partial charge is 0.591 e. The van der Waals surface area contributed by atoms with Crippen molar-refractivity contribution in [3.63, 3.8) is 0 Å². The highest BCUT2D eigenvalue weighted by molar-refractivity contribution is 14.2. The van der Waals surface area contributed by atoms with Crippen LogP contribution in [0.4, 0.5) is 5.69 Å². The van der Waals surface area contributed by atoms with E-state index in [0.717, 1.165) is 10.2 Å². The van der Waals surface area contributed by atoms with Gasteiger partial charge in [-0.25, -0.2) is 0 Å². The van der Waals surface area contributed by atoms with Crippen LogP contribution < -0.4 is 5.32 Å². The summed E-state index contributed by atoms with van der Waals surface area (Å²) >= 11 is 4.16. The Labute approximate surface area is 132 Å². The summed E-state index contributed by atoms with van der Waals surface area (Å²) in [6, 6.07) is 5.46. The number of amides is 1. The SMILES string of the molecule is O=C1Nc2cccc(Br)c2/C1=N/[S@@+]([O-])CCSI. The number of rotatable bonds is 4. The molecule has 8 heteroatoms. The minimum atomic E-state index is -1.37. The zero-order valence-electron chi connectivity index (χ0n) is 8.98. The fourth-order valence-electron chi connectivity index (χ4n) is 1.50. The molecule has 1 heterocycles. The van der Waals surface area contributed by atoms with Crippen molar-refractivity contribution in [2.45, 2.75) is 0 Å². The van der Waals surface area contributed by atoms with Crippen molar-refractivity contribution < 1.29 is 9.35 Å². The number of fused-ring (bicyclic) bond motifs is 1. The first-order valence-electron chi connectivity index (χ1n) is 4.94. The molecule has 1 aliphatic rings. The number of anilines is 1. The van der Waals surface area contributed by atoms with Crippen molar-refractivity contribution >= 4 is 74.7 Å². The van der Waals surface area contributed by atoms with Crippen LogP contribution in [-0.2, 0) is 16.2 Å². The number of benzene rings is 1. The van der Waals surface area contributed by atoms with Crippen molar-refractivity contribution in [1.82, 2.24) is 0 Å². The van der Waals surface area contributed by atoms with Gasteiger partial charge in [-0.05, 0) is 33.3 Å². The monoisotopic (exact) mass is 458 g/mol. The van der Waals surface area contributed by atoms with Crippen molar-refractivity contribution in [2.24, 2.45) is 4.40 Å². The van der Waals surface area contributed by atoms with Crippen molar-refractivity contribution in [3.05, 3.63) is 28.2 Å². The number of carbonyl (C=O) groups is 1. The van der Waals surface area contributed by atoms with E-state index in [2.05, 4.69) is 46.9 Å². The van der Waals surface area contributed by atoms with Gasteiger partial charge < -0.3 is 9.87 Å². The van der Waals surface area contributed by atoms with Gasteiger partial charge in [-0.2, -0.15) is 0 Å². The summed E-state index contributed by atoms with van der Waals surface area (Å²) in [7, 11) is 1.58. The highest BCUT2D eigenvalue weighted by atomic mass is 127. The van der Waals surface area contributed by atoms with Crippen LogP contribution in [0, 0.1) is 0 Å². The van der Waals surface area contributed by atoms with Gasteiger partial charge in [0.05, 0.1) is 22.8 Å². The van der Waals surface area contributed by atoms with E-state index in [1.165, 1.54) is 0 Å². The molecule has 0 aromatic heterocycles. The molecule has 0 bridgehead atoms. The first kappa shape index (κ1) is 14.6. The second-order valence-corrected chi connectivity index (χ2v) is 7.98. The molecule has 1 atom stereocenters. The average Bonchev–Trinajstić information content (AvgIpc) is 2.65. The van der Waals surface area contributed by atoms with Crippen molar-refractivity contribution in [1.29, 1.82) is 0 Å². The normalized spacial score (nSPS) is 17.7. The molecule has 18 heavy (non-hydrogen) atoms. The predicted molar refractivity (Wildman–Crippen MR) is 88.8 cm³/mol. The van der Waals surface area contributed by atoms with Crippen LogP contribution in [0.25, 0.3) is 0 Å². The standard InChI is InChI=1S/C10H8BrIN2O2S2/c11-6-2-1-3-7-8(6)9(10(15)13-7)14-18(16)5-4-17-12/h1-3H,4-5H2,(H,13,14,15)/t18-/m0/s1. The van der Waals surface area contributed by atoms with E-state index in [1.54, 1.807) is 15.0 Å². The minimum absolute atomic E-state index is 0.245. The maximum Gasteiger partial charge on any atom is 0.279 e. The van der Waals surface area contributed by atoms with Crippen LogP contribution in [0.5, 0.6) is 0 Å². The molecule has 1 amide bonds. The molecule has 1 aromatic carbocycles. The van der Waals surface area contributed by atoms with Crippen LogP contribution in [-0.4, -0.2) is 27.7 Å². The zero-order valence-corrected chi connectivity index (χ0v) is 14.4. The van der Waals surface area contributed by atoms with E-state index in [4.69, 9.17) is 0 Å². The van der Waals surface area contributed by atoms with E-state index in [1.807, 2.05) is 12.1 Å². The van der Waals surface area contributed by atoms with Gasteiger partial charge in [0.25, 0.3) is 5.91 Å². The lowest BCUT2D eigenvalue weighted by atomic mass is 10.1. The van der Waals surface area contributed by atoms with Gasteiger partial charge in [-0.15, -0.1) is 0 Å². The van der Waals surface area contributed by atoms with Gasteiger partial charge in [-0.1, -0.05) is 35.3 Å². The lowest BCUT2D eigenvalue weighted by Gasteiger charge is -2.03. The maximum absolute atomic E-state index is 11.8. The number of hydrogen-bond donors (Lipinski definition) is 1. The molecule has 4 nitrogen and oxygen atoms in total. The van der Waals surface area contributed by atoms with Crippen LogP contribution in [0.3, 0.4) is 0 Å². The Hall–Kier alpha value is 0.230. The molecular formula is C10H8BrIN2O2S2. The molecule has 1 aromatic rings. The number of nitrogens with zero attached hydrogens (tertiary/aromatic N) is 1. The number of carbonyl (C=O) groups excluding carboxylic acids is 1. The lowest BCUT2D eigenvalue weighted by Crippen LogP contribution is -2.18. The lowest BCUT2D eigenvalue weighted by molar-refractivity contribution is -0.110. The summed E-state index contributed by atoms with van der Waals surface area (Å²) in [4.78, 5) is 11.8. The van der Waals surface area contributed by atoms with E-state index in [-0.39, 0.29) is 11.6 Å². The van der Waals surface area contributed by atoms with E-state index < -0.39 is 11.4 Å². The number of nitrogens with one attached hydrogen (secondary N) is 1. The van der Waals surface area contributed by atoms with E-state index in [0.29, 0.717) is 17.0 Å². The fourth-order valence-corrected chi connectivity index (χ4v) is 4.96.